The quantitative estimate of drug-likeness (QED) is 0.564. The molecule has 0 aliphatic carbocycles. The molecule has 0 amide bonds. The van der Waals surface area contributed by atoms with Crippen LogP contribution in [0.25, 0.3) is 0 Å². The summed E-state index contributed by atoms with van der Waals surface area (Å²) in [6.07, 6.45) is 0.665. The molecule has 0 aliphatic rings. The molecule has 4 N–H and O–H groups in total. The molecule has 0 saturated heterocycles. The van der Waals surface area contributed by atoms with E-state index in [0.29, 0.717) is 12.8 Å². The molecule has 0 heterocycles. The van der Waals surface area contributed by atoms with E-state index in [1.165, 1.54) is 18.2 Å². The van der Waals surface area contributed by atoms with Gasteiger partial charge in [0.2, 0.25) is 20.0 Å². The first-order chi connectivity index (χ1) is 9.63. The molecule has 0 bridgehead atoms. The molecule has 1 aromatic rings. The van der Waals surface area contributed by atoms with Crippen molar-refractivity contribution in [1.29, 1.82) is 0 Å². The molecule has 0 aliphatic heterocycles. The molecule has 0 saturated carbocycles. The third kappa shape index (κ3) is 5.79. The van der Waals surface area contributed by atoms with Crippen LogP contribution in [0.2, 0.25) is 0 Å². The zero-order valence-corrected chi connectivity index (χ0v) is 12.7. The van der Waals surface area contributed by atoms with Gasteiger partial charge in [0.05, 0.1) is 9.79 Å². The van der Waals surface area contributed by atoms with Crippen LogP contribution in [0.3, 0.4) is 0 Å². The third-order valence-corrected chi connectivity index (χ3v) is 4.92. The van der Waals surface area contributed by atoms with Crippen molar-refractivity contribution in [2.45, 2.75) is 29.1 Å². The number of rotatable bonds is 8. The summed E-state index contributed by atoms with van der Waals surface area (Å²) in [5.74, 6) is -0.946. The molecule has 1 aromatic carbocycles. The highest BCUT2D eigenvalue weighted by Gasteiger charge is 2.16. The van der Waals surface area contributed by atoms with Crippen LogP contribution in [0.4, 0.5) is 0 Å². The van der Waals surface area contributed by atoms with Crippen molar-refractivity contribution in [3.63, 3.8) is 0 Å². The molecule has 1 rings (SSSR count). The third-order valence-electron chi connectivity index (χ3n) is 2.55. The Kier molecular flexibility index (Phi) is 5.84. The monoisotopic (exact) mass is 336 g/mol. The van der Waals surface area contributed by atoms with Gasteiger partial charge in [-0.05, 0) is 31.0 Å². The van der Waals surface area contributed by atoms with E-state index >= 15 is 0 Å². The van der Waals surface area contributed by atoms with Gasteiger partial charge in [0.15, 0.2) is 0 Å². The first-order valence-corrected chi connectivity index (χ1v) is 9.00. The fourth-order valence-corrected chi connectivity index (χ4v) is 3.26. The lowest BCUT2D eigenvalue weighted by molar-refractivity contribution is -0.137. The highest BCUT2D eigenvalue weighted by atomic mass is 32.2. The van der Waals surface area contributed by atoms with Crippen molar-refractivity contribution in [2.75, 3.05) is 6.54 Å². The summed E-state index contributed by atoms with van der Waals surface area (Å²) in [6.45, 7) is 0.0647. The van der Waals surface area contributed by atoms with Gasteiger partial charge in [-0.15, -0.1) is 0 Å². The number of carboxylic acid groups (broad SMARTS) is 1. The number of carboxylic acids is 1. The van der Waals surface area contributed by atoms with Crippen LogP contribution in [0, 0.1) is 0 Å². The summed E-state index contributed by atoms with van der Waals surface area (Å²) in [4.78, 5) is 9.79. The Morgan fingerprint density at radius 2 is 1.76 bits per heavy atom. The predicted octanol–water partition coefficient (Wildman–Crippen LogP) is -0.133. The summed E-state index contributed by atoms with van der Waals surface area (Å²) >= 11 is 0. The zero-order valence-electron chi connectivity index (χ0n) is 11.0. The van der Waals surface area contributed by atoms with E-state index in [0.717, 1.165) is 6.07 Å². The minimum Gasteiger partial charge on any atom is -0.481 e. The summed E-state index contributed by atoms with van der Waals surface area (Å²) in [7, 11) is -7.84. The summed E-state index contributed by atoms with van der Waals surface area (Å²) < 4.78 is 48.5. The maximum absolute atomic E-state index is 11.9. The Labute approximate surface area is 123 Å². The first-order valence-electron chi connectivity index (χ1n) is 5.97. The van der Waals surface area contributed by atoms with Gasteiger partial charge in [0, 0.05) is 13.0 Å². The van der Waals surface area contributed by atoms with Crippen molar-refractivity contribution in [3.05, 3.63) is 24.3 Å². The molecule has 8 nitrogen and oxygen atoms in total. The lowest BCUT2D eigenvalue weighted by atomic mass is 10.2. The van der Waals surface area contributed by atoms with Gasteiger partial charge < -0.3 is 5.11 Å². The normalized spacial score (nSPS) is 12.2. The number of benzene rings is 1. The fraction of sp³-hybridized carbons (Fsp3) is 0.364. The highest BCUT2D eigenvalue weighted by molar-refractivity contribution is 7.90. The van der Waals surface area contributed by atoms with Crippen LogP contribution in [0.15, 0.2) is 34.1 Å². The minimum absolute atomic E-state index is 0.0391. The standard InChI is InChI=1S/C11H16N2O6S2/c12-20(16,17)9-4-3-5-10(8-9)21(18,19)13-7-2-1-6-11(14)15/h3-5,8,13H,1-2,6-7H2,(H,14,15)(H2,12,16,17). The maximum atomic E-state index is 11.9. The van der Waals surface area contributed by atoms with Crippen molar-refractivity contribution < 1.29 is 26.7 Å². The molecular weight excluding hydrogens is 320 g/mol. The smallest absolute Gasteiger partial charge is 0.303 e. The topological polar surface area (TPSA) is 144 Å². The van der Waals surface area contributed by atoms with Crippen molar-refractivity contribution >= 4 is 26.0 Å². The molecule has 0 fully saturated rings. The van der Waals surface area contributed by atoms with Crippen molar-refractivity contribution in [3.8, 4) is 0 Å². The van der Waals surface area contributed by atoms with Crippen LogP contribution in [0.1, 0.15) is 19.3 Å². The Bertz CT molecular complexity index is 712. The number of hydrogen-bond acceptors (Lipinski definition) is 5. The minimum atomic E-state index is -3.98. The molecule has 118 valence electrons. The van der Waals surface area contributed by atoms with E-state index < -0.39 is 26.0 Å². The molecule has 0 atom stereocenters. The summed E-state index contributed by atoms with van der Waals surface area (Å²) in [5, 5.41) is 13.4. The average molecular weight is 336 g/mol. The molecule has 10 heteroatoms. The Hall–Kier alpha value is -1.49. The zero-order chi connectivity index (χ0) is 16.1. The predicted molar refractivity (Wildman–Crippen MR) is 74.5 cm³/mol. The van der Waals surface area contributed by atoms with Crippen LogP contribution in [0.5, 0.6) is 0 Å². The molecular formula is C11H16N2O6S2. The van der Waals surface area contributed by atoms with Crippen LogP contribution in [-0.4, -0.2) is 34.5 Å². The molecule has 0 aromatic heterocycles. The van der Waals surface area contributed by atoms with Gasteiger partial charge in [-0.2, -0.15) is 0 Å². The second-order valence-electron chi connectivity index (χ2n) is 4.27. The van der Waals surface area contributed by atoms with Crippen LogP contribution < -0.4 is 9.86 Å². The SMILES string of the molecule is NS(=O)(=O)c1cccc(S(=O)(=O)NCCCCC(=O)O)c1. The fourth-order valence-electron chi connectivity index (χ4n) is 1.51. The number of aliphatic carboxylic acids is 1. The van der Waals surface area contributed by atoms with Gasteiger partial charge >= 0.3 is 5.97 Å². The number of primary sulfonamides is 1. The Balaban J connectivity index is 2.73. The number of nitrogens with one attached hydrogen (secondary N) is 1. The Morgan fingerprint density at radius 1 is 1.14 bits per heavy atom. The second kappa shape index (κ2) is 6.98. The lowest BCUT2D eigenvalue weighted by Crippen LogP contribution is -2.25. The number of unbranched alkanes of at least 4 members (excludes halogenated alkanes) is 1. The van der Waals surface area contributed by atoms with Crippen molar-refractivity contribution in [1.82, 2.24) is 4.72 Å². The van der Waals surface area contributed by atoms with E-state index in [1.807, 2.05) is 0 Å². The van der Waals surface area contributed by atoms with Crippen molar-refractivity contribution in [2.24, 2.45) is 5.14 Å². The molecule has 0 unspecified atom stereocenters. The van der Waals surface area contributed by atoms with E-state index in [1.54, 1.807) is 0 Å². The van der Waals surface area contributed by atoms with Crippen LogP contribution >= 0.6 is 0 Å². The van der Waals surface area contributed by atoms with Crippen LogP contribution in [-0.2, 0) is 24.8 Å². The Morgan fingerprint density at radius 3 is 2.33 bits per heavy atom. The largest absolute Gasteiger partial charge is 0.481 e. The lowest BCUT2D eigenvalue weighted by Gasteiger charge is -2.07. The van der Waals surface area contributed by atoms with Gasteiger partial charge in [-0.25, -0.2) is 26.7 Å². The first kappa shape index (κ1) is 17.6. The molecule has 0 radical (unpaired) electrons. The number of nitrogens with two attached hydrogens (primary N) is 1. The van der Waals surface area contributed by atoms with Gasteiger partial charge in [-0.3, -0.25) is 4.79 Å². The van der Waals surface area contributed by atoms with Gasteiger partial charge in [-0.1, -0.05) is 6.07 Å². The number of carbonyl (C=O) groups is 1. The van der Waals surface area contributed by atoms with E-state index in [4.69, 9.17) is 10.2 Å². The maximum Gasteiger partial charge on any atom is 0.303 e. The van der Waals surface area contributed by atoms with E-state index in [9.17, 15) is 21.6 Å². The molecule has 21 heavy (non-hydrogen) atoms. The summed E-state index contributed by atoms with van der Waals surface area (Å²) in [5.41, 5.74) is 0. The number of sulfonamides is 2. The molecule has 0 spiro atoms. The van der Waals surface area contributed by atoms with E-state index in [-0.39, 0.29) is 22.8 Å². The van der Waals surface area contributed by atoms with Gasteiger partial charge in [0.25, 0.3) is 0 Å². The van der Waals surface area contributed by atoms with Gasteiger partial charge in [0.1, 0.15) is 0 Å². The average Bonchev–Trinajstić information content (AvgIpc) is 2.37. The van der Waals surface area contributed by atoms with E-state index in [2.05, 4.69) is 4.72 Å². The summed E-state index contributed by atoms with van der Waals surface area (Å²) in [6, 6.07) is 4.68. The second-order valence-corrected chi connectivity index (χ2v) is 7.60. The number of hydrogen-bond donors (Lipinski definition) is 3. The highest BCUT2D eigenvalue weighted by Crippen LogP contribution is 2.14.